The van der Waals surface area contributed by atoms with Crippen LogP contribution in [0, 0.1) is 0 Å². The number of benzene rings is 2. The Morgan fingerprint density at radius 3 is 2.39 bits per heavy atom. The van der Waals surface area contributed by atoms with E-state index < -0.39 is 0 Å². The second-order valence-corrected chi connectivity index (χ2v) is 4.56. The van der Waals surface area contributed by atoms with Gasteiger partial charge < -0.3 is 25.6 Å². The van der Waals surface area contributed by atoms with Gasteiger partial charge in [0.05, 0.1) is 20.8 Å². The maximum atomic E-state index is 9.71. The minimum atomic E-state index is 0. The van der Waals surface area contributed by atoms with Crippen molar-refractivity contribution in [3.63, 3.8) is 0 Å². The Kier molecular flexibility index (Phi) is 7.46. The molecule has 23 heavy (non-hydrogen) atoms. The molecule has 0 unspecified atom stereocenters. The number of nitrogens with two attached hydrogens (primary N) is 1. The van der Waals surface area contributed by atoms with Crippen molar-refractivity contribution in [3.8, 4) is 17.2 Å². The fourth-order valence-electron chi connectivity index (χ4n) is 1.87. The van der Waals surface area contributed by atoms with E-state index in [4.69, 9.17) is 15.2 Å². The summed E-state index contributed by atoms with van der Waals surface area (Å²) in [4.78, 5) is 4.23. The number of nitrogens with one attached hydrogen (secondary N) is 1. The fraction of sp³-hybridized carbons (Fsp3) is 0.188. The van der Waals surface area contributed by atoms with Gasteiger partial charge in [0, 0.05) is 5.69 Å². The minimum absolute atomic E-state index is 0. The zero-order chi connectivity index (χ0) is 15.9. The number of phenols is 1. The molecule has 2 aromatic carbocycles. The zero-order valence-corrected chi connectivity index (χ0v) is 15.3. The summed E-state index contributed by atoms with van der Waals surface area (Å²) in [5, 5.41) is 12.7. The molecule has 124 valence electrons. The summed E-state index contributed by atoms with van der Waals surface area (Å²) >= 11 is 0. The predicted octanol–water partition coefficient (Wildman–Crippen LogP) is 2.95. The van der Waals surface area contributed by atoms with E-state index in [2.05, 4.69) is 10.3 Å². The van der Waals surface area contributed by atoms with Crippen molar-refractivity contribution >= 4 is 35.6 Å². The first-order chi connectivity index (χ1) is 10.6. The number of rotatable bonds is 5. The topological polar surface area (TPSA) is 89.1 Å². The molecular formula is C16H20IN3O3. The second-order valence-electron chi connectivity index (χ2n) is 4.56. The molecule has 2 aromatic rings. The molecule has 0 heterocycles. The summed E-state index contributed by atoms with van der Waals surface area (Å²) < 4.78 is 10.1. The van der Waals surface area contributed by atoms with Gasteiger partial charge in [-0.15, -0.1) is 24.0 Å². The lowest BCUT2D eigenvalue weighted by molar-refractivity contribution is 0.373. The first-order valence-electron chi connectivity index (χ1n) is 6.69. The normalized spacial score (nSPS) is 10.6. The van der Waals surface area contributed by atoms with Gasteiger partial charge in [-0.3, -0.25) is 0 Å². The smallest absolute Gasteiger partial charge is 0.193 e. The second kappa shape index (κ2) is 9.09. The van der Waals surface area contributed by atoms with Gasteiger partial charge in [0.25, 0.3) is 0 Å². The van der Waals surface area contributed by atoms with Crippen molar-refractivity contribution < 1.29 is 14.6 Å². The van der Waals surface area contributed by atoms with Crippen LogP contribution in [0.25, 0.3) is 0 Å². The molecule has 4 N–H and O–H groups in total. The first-order valence-corrected chi connectivity index (χ1v) is 6.69. The molecular weight excluding hydrogens is 409 g/mol. The van der Waals surface area contributed by atoms with Crippen LogP contribution < -0.4 is 20.5 Å². The highest BCUT2D eigenvalue weighted by Crippen LogP contribution is 2.26. The summed E-state index contributed by atoms with van der Waals surface area (Å²) in [6.07, 6.45) is 0. The van der Waals surface area contributed by atoms with Gasteiger partial charge in [-0.1, -0.05) is 6.07 Å². The van der Waals surface area contributed by atoms with Crippen LogP contribution in [-0.4, -0.2) is 25.3 Å². The number of anilines is 1. The van der Waals surface area contributed by atoms with Gasteiger partial charge in [-0.25, -0.2) is 4.99 Å². The molecule has 0 fully saturated rings. The molecule has 0 radical (unpaired) electrons. The number of aromatic hydroxyl groups is 1. The average molecular weight is 429 g/mol. The van der Waals surface area contributed by atoms with Crippen molar-refractivity contribution in [2.75, 3.05) is 19.5 Å². The Morgan fingerprint density at radius 2 is 1.83 bits per heavy atom. The molecule has 2 rings (SSSR count). The van der Waals surface area contributed by atoms with Crippen molar-refractivity contribution in [1.29, 1.82) is 0 Å². The number of aliphatic imine (C=N–C) groups is 1. The third-order valence-electron chi connectivity index (χ3n) is 3.04. The Hall–Kier alpha value is -2.16. The SMILES string of the molecule is COc1ccc(NC(N)=NCc2ccc(OC)c(O)c2)cc1.I. The quantitative estimate of drug-likeness (QED) is 0.387. The molecule has 0 aliphatic heterocycles. The molecule has 0 aliphatic rings. The summed E-state index contributed by atoms with van der Waals surface area (Å²) in [5.41, 5.74) is 7.49. The Bertz CT molecular complexity index is 660. The third-order valence-corrected chi connectivity index (χ3v) is 3.04. The number of hydrogen-bond acceptors (Lipinski definition) is 4. The van der Waals surface area contributed by atoms with Gasteiger partial charge in [0.1, 0.15) is 5.75 Å². The minimum Gasteiger partial charge on any atom is -0.504 e. The van der Waals surface area contributed by atoms with E-state index in [9.17, 15) is 5.11 Å². The highest BCUT2D eigenvalue weighted by molar-refractivity contribution is 14.0. The maximum absolute atomic E-state index is 9.71. The van der Waals surface area contributed by atoms with Crippen LogP contribution >= 0.6 is 24.0 Å². The lowest BCUT2D eigenvalue weighted by Gasteiger charge is -2.07. The molecule has 0 amide bonds. The number of phenolic OH excluding ortho intramolecular Hbond substituents is 1. The van der Waals surface area contributed by atoms with E-state index in [1.54, 1.807) is 19.2 Å². The standard InChI is InChI=1S/C16H19N3O3.HI/c1-21-13-6-4-12(5-7-13)19-16(17)18-10-11-3-8-15(22-2)14(20)9-11;/h3-9,20H,10H2,1-2H3,(H3,17,18,19);1H. The van der Waals surface area contributed by atoms with Gasteiger partial charge in [-0.2, -0.15) is 0 Å². The van der Waals surface area contributed by atoms with Gasteiger partial charge >= 0.3 is 0 Å². The van der Waals surface area contributed by atoms with Gasteiger partial charge in [0.2, 0.25) is 0 Å². The molecule has 6 nitrogen and oxygen atoms in total. The molecule has 0 spiro atoms. The van der Waals surface area contributed by atoms with E-state index in [0.717, 1.165) is 17.0 Å². The Balaban J connectivity index is 0.00000264. The van der Waals surface area contributed by atoms with E-state index >= 15 is 0 Å². The maximum Gasteiger partial charge on any atom is 0.193 e. The largest absolute Gasteiger partial charge is 0.504 e. The number of ether oxygens (including phenoxy) is 2. The Labute approximate surface area is 152 Å². The van der Waals surface area contributed by atoms with E-state index in [0.29, 0.717) is 18.3 Å². The van der Waals surface area contributed by atoms with Crippen molar-refractivity contribution in [2.45, 2.75) is 6.54 Å². The molecule has 0 saturated carbocycles. The summed E-state index contributed by atoms with van der Waals surface area (Å²) in [6, 6.07) is 12.5. The van der Waals surface area contributed by atoms with Crippen LogP contribution in [0.15, 0.2) is 47.5 Å². The van der Waals surface area contributed by atoms with E-state index in [1.165, 1.54) is 7.11 Å². The number of guanidine groups is 1. The summed E-state index contributed by atoms with van der Waals surface area (Å²) in [6.45, 7) is 0.354. The van der Waals surface area contributed by atoms with Gasteiger partial charge in [0.15, 0.2) is 17.5 Å². The van der Waals surface area contributed by atoms with Crippen molar-refractivity contribution in [1.82, 2.24) is 0 Å². The number of hydrogen-bond donors (Lipinski definition) is 3. The number of halogens is 1. The van der Waals surface area contributed by atoms with Gasteiger partial charge in [-0.05, 0) is 42.0 Å². The molecule has 0 aliphatic carbocycles. The summed E-state index contributed by atoms with van der Waals surface area (Å²) in [7, 11) is 3.12. The van der Waals surface area contributed by atoms with Crippen LogP contribution in [0.4, 0.5) is 5.69 Å². The van der Waals surface area contributed by atoms with Crippen LogP contribution in [0.5, 0.6) is 17.2 Å². The molecule has 0 saturated heterocycles. The van der Waals surface area contributed by atoms with Crippen LogP contribution in [-0.2, 0) is 6.54 Å². The number of nitrogens with zero attached hydrogens (tertiary/aromatic N) is 1. The third kappa shape index (κ3) is 5.51. The average Bonchev–Trinajstić information content (AvgIpc) is 2.54. The lowest BCUT2D eigenvalue weighted by atomic mass is 10.2. The Morgan fingerprint density at radius 1 is 1.13 bits per heavy atom. The first kappa shape index (κ1) is 18.9. The molecule has 0 bridgehead atoms. The molecule has 0 atom stereocenters. The molecule has 7 heteroatoms. The van der Waals surface area contributed by atoms with Crippen LogP contribution in [0.1, 0.15) is 5.56 Å². The number of methoxy groups -OCH3 is 2. The van der Waals surface area contributed by atoms with Crippen molar-refractivity contribution in [3.05, 3.63) is 48.0 Å². The van der Waals surface area contributed by atoms with Crippen LogP contribution in [0.3, 0.4) is 0 Å². The molecule has 0 aromatic heterocycles. The zero-order valence-electron chi connectivity index (χ0n) is 12.9. The van der Waals surface area contributed by atoms with E-state index in [1.807, 2.05) is 30.3 Å². The lowest BCUT2D eigenvalue weighted by Crippen LogP contribution is -2.22. The van der Waals surface area contributed by atoms with Crippen molar-refractivity contribution in [2.24, 2.45) is 10.7 Å². The highest BCUT2D eigenvalue weighted by atomic mass is 127. The fourth-order valence-corrected chi connectivity index (χ4v) is 1.87. The van der Waals surface area contributed by atoms with E-state index in [-0.39, 0.29) is 29.7 Å². The highest BCUT2D eigenvalue weighted by Gasteiger charge is 2.02. The monoisotopic (exact) mass is 429 g/mol. The van der Waals surface area contributed by atoms with Crippen LogP contribution in [0.2, 0.25) is 0 Å². The predicted molar refractivity (Wildman–Crippen MR) is 102 cm³/mol. The summed E-state index contributed by atoms with van der Waals surface area (Å²) in [5.74, 6) is 1.57.